The van der Waals surface area contributed by atoms with Crippen molar-refractivity contribution >= 4 is 23.3 Å². The van der Waals surface area contributed by atoms with E-state index in [0.717, 1.165) is 16.7 Å². The van der Waals surface area contributed by atoms with Crippen LogP contribution in [0.5, 0.6) is 0 Å². The Morgan fingerprint density at radius 3 is 2.19 bits per heavy atom. The Labute approximate surface area is 181 Å². The molecule has 0 saturated carbocycles. The van der Waals surface area contributed by atoms with Crippen molar-refractivity contribution in [2.75, 3.05) is 11.9 Å². The lowest BCUT2D eigenvalue weighted by molar-refractivity contribution is -0.112. The smallest absolute Gasteiger partial charge is 0.340 e. The van der Waals surface area contributed by atoms with Gasteiger partial charge in [-0.25, -0.2) is 4.79 Å². The molecule has 0 fully saturated rings. The maximum atomic E-state index is 13.1. The number of nitrogens with one attached hydrogen (secondary N) is 2. The maximum absolute atomic E-state index is 13.1. The van der Waals surface area contributed by atoms with Gasteiger partial charge in [0, 0.05) is 16.9 Å². The lowest BCUT2D eigenvalue weighted by atomic mass is 9.97. The summed E-state index contributed by atoms with van der Waals surface area (Å²) in [6.07, 6.45) is 0. The molecule has 0 aliphatic carbocycles. The van der Waals surface area contributed by atoms with Crippen molar-refractivity contribution < 1.29 is 19.1 Å². The number of ketones is 1. The summed E-state index contributed by atoms with van der Waals surface area (Å²) in [6, 6.07) is 13.0. The Bertz CT molecular complexity index is 1160. The van der Waals surface area contributed by atoms with Crippen molar-refractivity contribution in [1.82, 2.24) is 4.98 Å². The summed E-state index contributed by atoms with van der Waals surface area (Å²) in [5, 5.41) is 2.68. The number of H-pyrrole nitrogens is 1. The zero-order chi connectivity index (χ0) is 22.7. The van der Waals surface area contributed by atoms with Crippen LogP contribution in [0.4, 0.5) is 5.69 Å². The number of hydrogen-bond acceptors (Lipinski definition) is 4. The van der Waals surface area contributed by atoms with Crippen LogP contribution in [0.15, 0.2) is 42.5 Å². The fourth-order valence-electron chi connectivity index (χ4n) is 3.51. The van der Waals surface area contributed by atoms with Crippen LogP contribution >= 0.6 is 0 Å². The third kappa shape index (κ3) is 4.58. The molecule has 2 N–H and O–H groups in total. The first-order valence-electron chi connectivity index (χ1n) is 10.1. The molecule has 0 unspecified atom stereocenters. The molecule has 2 aromatic carbocycles. The van der Waals surface area contributed by atoms with Gasteiger partial charge in [-0.05, 0) is 51.8 Å². The lowest BCUT2D eigenvalue weighted by Crippen LogP contribution is -2.24. The molecule has 6 nitrogen and oxygen atoms in total. The number of anilines is 1. The number of benzene rings is 2. The summed E-state index contributed by atoms with van der Waals surface area (Å²) in [7, 11) is 0. The topological polar surface area (TPSA) is 88.3 Å². The highest BCUT2D eigenvalue weighted by molar-refractivity contribution is 6.47. The van der Waals surface area contributed by atoms with E-state index in [4.69, 9.17) is 4.74 Å². The van der Waals surface area contributed by atoms with Gasteiger partial charge in [0.15, 0.2) is 0 Å². The number of rotatable bonds is 6. The number of aryl methyl sites for hydroxylation is 4. The van der Waals surface area contributed by atoms with Gasteiger partial charge in [-0.1, -0.05) is 47.5 Å². The van der Waals surface area contributed by atoms with Crippen LogP contribution in [-0.4, -0.2) is 29.3 Å². The number of esters is 1. The number of hydrogen-bond donors (Lipinski definition) is 2. The second kappa shape index (κ2) is 9.00. The van der Waals surface area contributed by atoms with E-state index in [1.165, 1.54) is 0 Å². The van der Waals surface area contributed by atoms with Crippen LogP contribution in [-0.2, 0) is 9.53 Å². The number of amides is 1. The fourth-order valence-corrected chi connectivity index (χ4v) is 3.51. The molecule has 1 aromatic heterocycles. The number of carbonyl (C=O) groups excluding carboxylic acids is 3. The van der Waals surface area contributed by atoms with Crippen molar-refractivity contribution in [3.63, 3.8) is 0 Å². The van der Waals surface area contributed by atoms with Gasteiger partial charge in [0.2, 0.25) is 0 Å². The largest absolute Gasteiger partial charge is 0.462 e. The van der Waals surface area contributed by atoms with Crippen LogP contribution in [0.25, 0.3) is 11.1 Å². The fraction of sp³-hybridized carbons (Fsp3) is 0.240. The van der Waals surface area contributed by atoms with Crippen LogP contribution in [0, 0.1) is 27.7 Å². The maximum Gasteiger partial charge on any atom is 0.340 e. The molecule has 1 heterocycles. The molecule has 0 radical (unpaired) electrons. The first-order valence-corrected chi connectivity index (χ1v) is 10.1. The Balaban J connectivity index is 2.06. The van der Waals surface area contributed by atoms with E-state index in [0.29, 0.717) is 22.5 Å². The van der Waals surface area contributed by atoms with E-state index in [1.807, 2.05) is 57.2 Å². The van der Waals surface area contributed by atoms with Crippen molar-refractivity contribution in [3.05, 3.63) is 76.1 Å². The molecule has 31 heavy (non-hydrogen) atoms. The number of aromatic nitrogens is 1. The molecule has 0 saturated heterocycles. The van der Waals surface area contributed by atoms with Crippen LogP contribution in [0.3, 0.4) is 0 Å². The van der Waals surface area contributed by atoms with E-state index < -0.39 is 17.7 Å². The molecule has 0 atom stereocenters. The van der Waals surface area contributed by atoms with Gasteiger partial charge in [-0.3, -0.25) is 9.59 Å². The SMILES string of the molecule is CCOC(=O)c1c(C)[nH]c(C(=O)C(=O)Nc2ccc(C)cc2C)c1-c1ccc(C)cc1. The molecular formula is C25H26N2O4. The second-order valence-corrected chi connectivity index (χ2v) is 7.56. The van der Waals surface area contributed by atoms with Crippen molar-refractivity contribution in [1.29, 1.82) is 0 Å². The van der Waals surface area contributed by atoms with E-state index in [2.05, 4.69) is 10.3 Å². The minimum absolute atomic E-state index is 0.0617. The quantitative estimate of drug-likeness (QED) is 0.338. The highest BCUT2D eigenvalue weighted by atomic mass is 16.5. The molecule has 0 spiro atoms. The third-order valence-corrected chi connectivity index (χ3v) is 5.07. The highest BCUT2D eigenvalue weighted by Gasteiger charge is 2.30. The van der Waals surface area contributed by atoms with Crippen molar-refractivity contribution in [3.8, 4) is 11.1 Å². The Hall–Kier alpha value is -3.67. The monoisotopic (exact) mass is 418 g/mol. The van der Waals surface area contributed by atoms with Gasteiger partial charge >= 0.3 is 5.97 Å². The highest BCUT2D eigenvalue weighted by Crippen LogP contribution is 2.32. The van der Waals surface area contributed by atoms with Crippen LogP contribution in [0.1, 0.15) is 50.2 Å². The summed E-state index contributed by atoms with van der Waals surface area (Å²) in [5.74, 6) is -2.08. The van der Waals surface area contributed by atoms with Gasteiger partial charge in [-0.2, -0.15) is 0 Å². The van der Waals surface area contributed by atoms with Gasteiger partial charge < -0.3 is 15.0 Å². The Morgan fingerprint density at radius 2 is 1.58 bits per heavy atom. The van der Waals surface area contributed by atoms with E-state index in [9.17, 15) is 14.4 Å². The first-order chi connectivity index (χ1) is 14.7. The zero-order valence-electron chi connectivity index (χ0n) is 18.4. The van der Waals surface area contributed by atoms with Gasteiger partial charge in [0.1, 0.15) is 5.69 Å². The minimum Gasteiger partial charge on any atom is -0.462 e. The van der Waals surface area contributed by atoms with Gasteiger partial charge in [0.25, 0.3) is 11.7 Å². The average Bonchev–Trinajstić information content (AvgIpc) is 3.07. The van der Waals surface area contributed by atoms with Crippen LogP contribution < -0.4 is 5.32 Å². The molecule has 160 valence electrons. The molecular weight excluding hydrogens is 392 g/mol. The molecule has 1 amide bonds. The van der Waals surface area contributed by atoms with Crippen molar-refractivity contribution in [2.45, 2.75) is 34.6 Å². The van der Waals surface area contributed by atoms with E-state index in [-0.39, 0.29) is 17.9 Å². The lowest BCUT2D eigenvalue weighted by Gasteiger charge is -2.10. The summed E-state index contributed by atoms with van der Waals surface area (Å²) < 4.78 is 5.20. The van der Waals surface area contributed by atoms with Gasteiger partial charge in [-0.15, -0.1) is 0 Å². The van der Waals surface area contributed by atoms with Gasteiger partial charge in [0.05, 0.1) is 12.2 Å². The number of aromatic amines is 1. The standard InChI is InChI=1S/C25H26N2O4/c1-6-31-25(30)20-17(5)26-22(21(20)18-10-7-14(2)8-11-18)23(28)24(29)27-19-12-9-15(3)13-16(19)4/h7-13,26H,6H2,1-5H3,(H,27,29). The van der Waals surface area contributed by atoms with Crippen LogP contribution in [0.2, 0.25) is 0 Å². The minimum atomic E-state index is -0.781. The zero-order valence-corrected chi connectivity index (χ0v) is 18.4. The Morgan fingerprint density at radius 1 is 0.935 bits per heavy atom. The summed E-state index contributed by atoms with van der Waals surface area (Å²) >= 11 is 0. The predicted octanol–water partition coefficient (Wildman–Crippen LogP) is 4.91. The predicted molar refractivity (Wildman–Crippen MR) is 121 cm³/mol. The molecule has 3 aromatic rings. The normalized spacial score (nSPS) is 10.6. The second-order valence-electron chi connectivity index (χ2n) is 7.56. The number of Topliss-reactive ketones (excluding diaryl/α,β-unsaturated/α-hetero) is 1. The summed E-state index contributed by atoms with van der Waals surface area (Å²) in [5.41, 5.74) is 5.33. The summed E-state index contributed by atoms with van der Waals surface area (Å²) in [4.78, 5) is 41.5. The summed E-state index contributed by atoms with van der Waals surface area (Å²) in [6.45, 7) is 9.37. The van der Waals surface area contributed by atoms with Crippen molar-refractivity contribution in [2.24, 2.45) is 0 Å². The average molecular weight is 418 g/mol. The molecule has 6 heteroatoms. The third-order valence-electron chi connectivity index (χ3n) is 5.07. The number of carbonyl (C=O) groups is 3. The number of ether oxygens (including phenoxy) is 1. The van der Waals surface area contributed by atoms with E-state index >= 15 is 0 Å². The first kappa shape index (κ1) is 22.0. The Kier molecular flexibility index (Phi) is 6.39. The molecule has 3 rings (SSSR count). The molecule has 0 bridgehead atoms. The van der Waals surface area contributed by atoms with E-state index in [1.54, 1.807) is 19.9 Å². The molecule has 0 aliphatic heterocycles. The molecule has 0 aliphatic rings.